The van der Waals surface area contributed by atoms with Gasteiger partial charge in [0.15, 0.2) is 5.65 Å². The van der Waals surface area contributed by atoms with E-state index in [1.807, 2.05) is 42.5 Å². The van der Waals surface area contributed by atoms with Crippen LogP contribution in [0.4, 0.5) is 5.82 Å². The zero-order valence-corrected chi connectivity index (χ0v) is 12.4. The molecule has 108 valence electrons. The van der Waals surface area contributed by atoms with Crippen LogP contribution >= 0.6 is 11.6 Å². The van der Waals surface area contributed by atoms with Gasteiger partial charge < -0.3 is 5.32 Å². The zero-order chi connectivity index (χ0) is 15.4. The molecule has 3 aromatic rings. The number of halogens is 1. The minimum absolute atomic E-state index is 0.103. The van der Waals surface area contributed by atoms with Crippen LogP contribution in [0.2, 0.25) is 5.02 Å². The van der Waals surface area contributed by atoms with Gasteiger partial charge in [0.1, 0.15) is 11.9 Å². The van der Waals surface area contributed by atoms with Gasteiger partial charge >= 0.3 is 0 Å². The summed E-state index contributed by atoms with van der Waals surface area (Å²) < 4.78 is 0. The van der Waals surface area contributed by atoms with Crippen LogP contribution in [-0.2, 0) is 6.42 Å². The molecule has 1 N–H and O–H groups in total. The SMILES string of the molecule is N#Cc1nc(NCCc2ccccc2Cl)c2cccnc2n1. The molecule has 0 radical (unpaired) electrons. The molecule has 2 aromatic heterocycles. The summed E-state index contributed by atoms with van der Waals surface area (Å²) in [5, 5.41) is 13.8. The van der Waals surface area contributed by atoms with E-state index in [4.69, 9.17) is 16.9 Å². The largest absolute Gasteiger partial charge is 0.369 e. The van der Waals surface area contributed by atoms with Gasteiger partial charge in [0.05, 0.1) is 5.39 Å². The number of nitriles is 1. The Kier molecular flexibility index (Phi) is 4.12. The van der Waals surface area contributed by atoms with E-state index in [0.29, 0.717) is 18.0 Å². The highest BCUT2D eigenvalue weighted by atomic mass is 35.5. The van der Waals surface area contributed by atoms with Crippen molar-refractivity contribution in [3.05, 3.63) is 59.0 Å². The number of hydrogen-bond donors (Lipinski definition) is 1. The van der Waals surface area contributed by atoms with E-state index in [1.54, 1.807) is 6.20 Å². The van der Waals surface area contributed by atoms with E-state index in [9.17, 15) is 0 Å². The van der Waals surface area contributed by atoms with Crippen molar-refractivity contribution >= 4 is 28.5 Å². The van der Waals surface area contributed by atoms with Gasteiger partial charge in [0, 0.05) is 17.8 Å². The third-order valence-electron chi connectivity index (χ3n) is 3.22. The Morgan fingerprint density at radius 3 is 2.82 bits per heavy atom. The lowest BCUT2D eigenvalue weighted by molar-refractivity contribution is 1.00. The fourth-order valence-corrected chi connectivity index (χ4v) is 2.39. The van der Waals surface area contributed by atoms with E-state index in [1.165, 1.54) is 0 Å². The predicted molar refractivity (Wildman–Crippen MR) is 85.7 cm³/mol. The normalized spacial score (nSPS) is 10.4. The van der Waals surface area contributed by atoms with Gasteiger partial charge in [-0.25, -0.2) is 9.97 Å². The van der Waals surface area contributed by atoms with Gasteiger partial charge in [-0.3, -0.25) is 0 Å². The number of benzene rings is 1. The molecule has 2 heterocycles. The molecule has 0 aliphatic rings. The van der Waals surface area contributed by atoms with E-state index in [0.717, 1.165) is 22.4 Å². The smallest absolute Gasteiger partial charge is 0.236 e. The maximum Gasteiger partial charge on any atom is 0.236 e. The summed E-state index contributed by atoms with van der Waals surface area (Å²) in [6.45, 7) is 0.648. The topological polar surface area (TPSA) is 74.5 Å². The van der Waals surface area contributed by atoms with Gasteiger partial charge in [-0.15, -0.1) is 0 Å². The molecule has 22 heavy (non-hydrogen) atoms. The Labute approximate surface area is 132 Å². The minimum atomic E-state index is 0.103. The van der Waals surface area contributed by atoms with E-state index in [2.05, 4.69) is 20.3 Å². The highest BCUT2D eigenvalue weighted by molar-refractivity contribution is 6.31. The van der Waals surface area contributed by atoms with Gasteiger partial charge in [0.25, 0.3) is 0 Å². The van der Waals surface area contributed by atoms with Crippen LogP contribution in [0.15, 0.2) is 42.6 Å². The summed E-state index contributed by atoms with van der Waals surface area (Å²) in [4.78, 5) is 12.5. The number of nitrogens with one attached hydrogen (secondary N) is 1. The number of fused-ring (bicyclic) bond motifs is 1. The minimum Gasteiger partial charge on any atom is -0.369 e. The van der Waals surface area contributed by atoms with Gasteiger partial charge in [-0.2, -0.15) is 10.2 Å². The molecule has 0 spiro atoms. The fourth-order valence-electron chi connectivity index (χ4n) is 2.16. The Morgan fingerprint density at radius 2 is 2.00 bits per heavy atom. The lowest BCUT2D eigenvalue weighted by Gasteiger charge is -2.09. The van der Waals surface area contributed by atoms with Crippen molar-refractivity contribution in [1.29, 1.82) is 5.26 Å². The van der Waals surface area contributed by atoms with Crippen LogP contribution in [0.3, 0.4) is 0 Å². The molecule has 0 bridgehead atoms. The molecular weight excluding hydrogens is 298 g/mol. The average Bonchev–Trinajstić information content (AvgIpc) is 2.56. The number of aromatic nitrogens is 3. The number of anilines is 1. The van der Waals surface area contributed by atoms with Crippen molar-refractivity contribution in [2.24, 2.45) is 0 Å². The summed E-state index contributed by atoms with van der Waals surface area (Å²) in [5.41, 5.74) is 1.57. The van der Waals surface area contributed by atoms with Crippen LogP contribution in [0.25, 0.3) is 11.0 Å². The van der Waals surface area contributed by atoms with Gasteiger partial charge in [0.2, 0.25) is 5.82 Å². The van der Waals surface area contributed by atoms with E-state index >= 15 is 0 Å². The molecule has 0 aliphatic carbocycles. The van der Waals surface area contributed by atoms with Crippen LogP contribution in [-0.4, -0.2) is 21.5 Å². The van der Waals surface area contributed by atoms with Crippen LogP contribution in [0, 0.1) is 11.3 Å². The lowest BCUT2D eigenvalue weighted by Crippen LogP contribution is -2.09. The second-order valence-corrected chi connectivity index (χ2v) is 5.06. The summed E-state index contributed by atoms with van der Waals surface area (Å²) in [7, 11) is 0. The molecule has 0 atom stereocenters. The van der Waals surface area contributed by atoms with E-state index in [-0.39, 0.29) is 5.82 Å². The Hall–Kier alpha value is -2.71. The number of pyridine rings is 1. The van der Waals surface area contributed by atoms with Crippen LogP contribution in [0.1, 0.15) is 11.4 Å². The second-order valence-electron chi connectivity index (χ2n) is 4.65. The molecule has 5 nitrogen and oxygen atoms in total. The monoisotopic (exact) mass is 309 g/mol. The maximum atomic E-state index is 9.01. The van der Waals surface area contributed by atoms with Crippen LogP contribution in [0.5, 0.6) is 0 Å². The summed E-state index contributed by atoms with van der Waals surface area (Å²) in [6.07, 6.45) is 2.40. The fraction of sp³-hybridized carbons (Fsp3) is 0.125. The summed E-state index contributed by atoms with van der Waals surface area (Å²) >= 11 is 6.14. The third kappa shape index (κ3) is 2.97. The first kappa shape index (κ1) is 14.2. The standard InChI is InChI=1S/C16H12ClN5/c17-13-6-2-1-4-11(13)7-9-20-16-12-5-3-8-19-15(12)21-14(10-18)22-16/h1-6,8H,7,9H2,(H,19,20,21,22). The third-order valence-corrected chi connectivity index (χ3v) is 3.58. The molecule has 6 heteroatoms. The second kappa shape index (κ2) is 6.37. The van der Waals surface area contributed by atoms with Crippen molar-refractivity contribution in [2.75, 3.05) is 11.9 Å². The molecule has 0 amide bonds. The van der Waals surface area contributed by atoms with E-state index < -0.39 is 0 Å². The first-order valence-electron chi connectivity index (χ1n) is 6.78. The Morgan fingerprint density at radius 1 is 1.14 bits per heavy atom. The van der Waals surface area contributed by atoms with Crippen LogP contribution < -0.4 is 5.32 Å². The quantitative estimate of drug-likeness (QED) is 0.801. The first-order chi connectivity index (χ1) is 10.8. The Bertz CT molecular complexity index is 857. The molecule has 0 saturated heterocycles. The predicted octanol–water partition coefficient (Wildman–Crippen LogP) is 3.20. The number of rotatable bonds is 4. The lowest BCUT2D eigenvalue weighted by atomic mass is 10.1. The number of nitrogens with zero attached hydrogens (tertiary/aromatic N) is 4. The van der Waals surface area contributed by atoms with Gasteiger partial charge in [-0.1, -0.05) is 29.8 Å². The molecule has 3 rings (SSSR count). The summed E-state index contributed by atoms with van der Waals surface area (Å²) in [5.74, 6) is 0.716. The molecule has 0 unspecified atom stereocenters. The zero-order valence-electron chi connectivity index (χ0n) is 11.6. The first-order valence-corrected chi connectivity index (χ1v) is 7.16. The molecule has 0 aliphatic heterocycles. The maximum absolute atomic E-state index is 9.01. The average molecular weight is 310 g/mol. The van der Waals surface area contributed by atoms with Crippen molar-refractivity contribution in [2.45, 2.75) is 6.42 Å². The highest BCUT2D eigenvalue weighted by Crippen LogP contribution is 2.19. The molecule has 1 aromatic carbocycles. The van der Waals surface area contributed by atoms with Gasteiger partial charge in [-0.05, 0) is 30.2 Å². The van der Waals surface area contributed by atoms with Crippen molar-refractivity contribution < 1.29 is 0 Å². The van der Waals surface area contributed by atoms with Crippen molar-refractivity contribution in [1.82, 2.24) is 15.0 Å². The summed E-state index contributed by atoms with van der Waals surface area (Å²) in [6, 6.07) is 13.4. The highest BCUT2D eigenvalue weighted by Gasteiger charge is 2.08. The molecule has 0 fully saturated rings. The molecular formula is C16H12ClN5. The van der Waals surface area contributed by atoms with Crippen molar-refractivity contribution in [3.8, 4) is 6.07 Å². The molecule has 0 saturated carbocycles. The Balaban J connectivity index is 1.82. The number of hydrogen-bond acceptors (Lipinski definition) is 5. The van der Waals surface area contributed by atoms with Crippen molar-refractivity contribution in [3.63, 3.8) is 0 Å².